The van der Waals surface area contributed by atoms with E-state index in [0.717, 1.165) is 20.3 Å². The van der Waals surface area contributed by atoms with E-state index in [1.54, 1.807) is 24.3 Å². The van der Waals surface area contributed by atoms with Gasteiger partial charge in [-0.1, -0.05) is 12.1 Å². The summed E-state index contributed by atoms with van der Waals surface area (Å²) in [6, 6.07) is 6.66. The van der Waals surface area contributed by atoms with Gasteiger partial charge in [0.25, 0.3) is 0 Å². The molecule has 0 atom stereocenters. The summed E-state index contributed by atoms with van der Waals surface area (Å²) in [6.07, 6.45) is 2.05. The first-order chi connectivity index (χ1) is 10.6. The quantitative estimate of drug-likeness (QED) is 0.674. The van der Waals surface area contributed by atoms with Crippen LogP contribution in [0, 0.1) is 0 Å². The number of carbonyl (C=O) groups excluding carboxylic acids is 2. The van der Waals surface area contributed by atoms with Crippen molar-refractivity contribution in [1.29, 1.82) is 0 Å². The smallest absolute Gasteiger partial charge is 0.354 e. The van der Waals surface area contributed by atoms with Crippen molar-refractivity contribution in [2.75, 3.05) is 19.5 Å². The number of carbonyl (C=O) groups is 2. The topological polar surface area (TPSA) is 94.8 Å². The van der Waals surface area contributed by atoms with Crippen molar-refractivity contribution in [3.8, 4) is 0 Å². The molecule has 0 aliphatic carbocycles. The van der Waals surface area contributed by atoms with Crippen LogP contribution >= 0.6 is 0 Å². The minimum absolute atomic E-state index is 0.000692. The minimum Gasteiger partial charge on any atom is -0.466 e. The molecule has 0 saturated heterocycles. The molecule has 7 heteroatoms. The average Bonchev–Trinajstić information content (AvgIpc) is 2.55. The molecule has 0 bridgehead atoms. The molecular weight excluding hydrogens is 290 g/mol. The van der Waals surface area contributed by atoms with E-state index in [1.807, 2.05) is 0 Å². The van der Waals surface area contributed by atoms with Gasteiger partial charge in [-0.15, -0.1) is 0 Å². The average molecular weight is 303 g/mol. The molecule has 7 nitrogen and oxygen atoms in total. The van der Waals surface area contributed by atoms with E-state index in [9.17, 15) is 14.4 Å². The molecule has 1 aromatic heterocycles. The summed E-state index contributed by atoms with van der Waals surface area (Å²) in [5, 5.41) is 2.88. The maximum atomic E-state index is 12.3. The lowest BCUT2D eigenvalue weighted by atomic mass is 10.2. The third-order valence-corrected chi connectivity index (χ3v) is 2.82. The number of hydrogen-bond donors (Lipinski definition) is 1. The summed E-state index contributed by atoms with van der Waals surface area (Å²) in [7, 11) is 2.32. The molecule has 2 rings (SSSR count). The van der Waals surface area contributed by atoms with Crippen LogP contribution in [-0.4, -0.2) is 26.2 Å². The van der Waals surface area contributed by atoms with Gasteiger partial charge in [0.2, 0.25) is 5.43 Å². The highest BCUT2D eigenvalue weighted by Gasteiger charge is 2.15. The number of ether oxygens (including phenoxy) is 2. The summed E-state index contributed by atoms with van der Waals surface area (Å²) in [6.45, 7) is 0. The molecule has 0 aliphatic rings. The van der Waals surface area contributed by atoms with Gasteiger partial charge in [0.15, 0.2) is 0 Å². The van der Waals surface area contributed by atoms with Gasteiger partial charge in [-0.2, -0.15) is 0 Å². The van der Waals surface area contributed by atoms with E-state index in [2.05, 4.69) is 14.8 Å². The number of nitrogens with one attached hydrogen (secondary N) is 1. The molecule has 0 spiro atoms. The standard InChI is InChI=1S/C15H13NO6/c1-20-13(17)7-10(15(19)21-2)16-11-8-22-12-6-4-3-5-9(12)14(11)18/h3-8,16H,1-2H3/b10-7+. The Labute approximate surface area is 125 Å². The van der Waals surface area contributed by atoms with Crippen LogP contribution in [0.3, 0.4) is 0 Å². The molecule has 1 aromatic carbocycles. The van der Waals surface area contributed by atoms with Gasteiger partial charge in [-0.05, 0) is 12.1 Å². The number of methoxy groups -OCH3 is 2. The van der Waals surface area contributed by atoms with Gasteiger partial charge in [-0.25, -0.2) is 9.59 Å². The van der Waals surface area contributed by atoms with Gasteiger partial charge in [0, 0.05) is 0 Å². The van der Waals surface area contributed by atoms with Crippen LogP contribution in [0.1, 0.15) is 0 Å². The Bertz CT molecular complexity index is 805. The first-order valence-electron chi connectivity index (χ1n) is 6.22. The lowest BCUT2D eigenvalue weighted by Gasteiger charge is -2.08. The summed E-state index contributed by atoms with van der Waals surface area (Å²) in [4.78, 5) is 35.2. The monoisotopic (exact) mass is 303 g/mol. The van der Waals surface area contributed by atoms with E-state index in [0.29, 0.717) is 11.0 Å². The van der Waals surface area contributed by atoms with E-state index < -0.39 is 11.9 Å². The van der Waals surface area contributed by atoms with Crippen molar-refractivity contribution < 1.29 is 23.5 Å². The normalized spacial score (nSPS) is 11.1. The van der Waals surface area contributed by atoms with Gasteiger partial charge in [0.1, 0.15) is 23.2 Å². The zero-order valence-electron chi connectivity index (χ0n) is 11.9. The number of benzene rings is 1. The number of para-hydroxylation sites is 1. The summed E-state index contributed by atoms with van der Waals surface area (Å²) in [5.74, 6) is -1.59. The molecule has 0 aliphatic heterocycles. The summed E-state index contributed by atoms with van der Waals surface area (Å²) >= 11 is 0. The zero-order chi connectivity index (χ0) is 16.1. The van der Waals surface area contributed by atoms with Crippen LogP contribution in [0.5, 0.6) is 0 Å². The molecule has 2 aromatic rings. The minimum atomic E-state index is -0.821. The highest BCUT2D eigenvalue weighted by molar-refractivity contribution is 5.99. The molecule has 22 heavy (non-hydrogen) atoms. The number of esters is 2. The Morgan fingerprint density at radius 1 is 1.18 bits per heavy atom. The van der Waals surface area contributed by atoms with Crippen LogP contribution in [0.25, 0.3) is 11.0 Å². The maximum Gasteiger partial charge on any atom is 0.354 e. The maximum absolute atomic E-state index is 12.3. The van der Waals surface area contributed by atoms with Gasteiger partial charge < -0.3 is 19.2 Å². The van der Waals surface area contributed by atoms with Crippen molar-refractivity contribution >= 4 is 28.6 Å². The SMILES string of the molecule is COC(=O)/C=C(/Nc1coc2ccccc2c1=O)C(=O)OC. The number of anilines is 1. The number of fused-ring (bicyclic) bond motifs is 1. The number of rotatable bonds is 4. The lowest BCUT2D eigenvalue weighted by molar-refractivity contribution is -0.138. The van der Waals surface area contributed by atoms with Crippen molar-refractivity contribution in [2.45, 2.75) is 0 Å². The van der Waals surface area contributed by atoms with Gasteiger partial charge >= 0.3 is 11.9 Å². The first-order valence-corrected chi connectivity index (χ1v) is 6.22. The van der Waals surface area contributed by atoms with E-state index >= 15 is 0 Å². The van der Waals surface area contributed by atoms with Crippen LogP contribution in [0.2, 0.25) is 0 Å². The molecule has 114 valence electrons. The van der Waals surface area contributed by atoms with E-state index in [1.165, 1.54) is 6.26 Å². The largest absolute Gasteiger partial charge is 0.466 e. The molecule has 1 N–H and O–H groups in total. The third kappa shape index (κ3) is 3.14. The molecule has 1 heterocycles. The molecular formula is C15H13NO6. The predicted molar refractivity (Wildman–Crippen MR) is 78.2 cm³/mol. The highest BCUT2D eigenvalue weighted by Crippen LogP contribution is 2.14. The van der Waals surface area contributed by atoms with Crippen molar-refractivity contribution in [1.82, 2.24) is 0 Å². The fourth-order valence-electron chi connectivity index (χ4n) is 1.74. The van der Waals surface area contributed by atoms with E-state index in [4.69, 9.17) is 4.42 Å². The Morgan fingerprint density at radius 3 is 2.59 bits per heavy atom. The molecule has 0 saturated carbocycles. The molecule has 0 radical (unpaired) electrons. The van der Waals surface area contributed by atoms with Crippen molar-refractivity contribution in [2.24, 2.45) is 0 Å². The van der Waals surface area contributed by atoms with Crippen LogP contribution in [0.15, 0.2) is 51.5 Å². The second kappa shape index (κ2) is 6.57. The van der Waals surface area contributed by atoms with E-state index in [-0.39, 0.29) is 16.8 Å². The van der Waals surface area contributed by atoms with Crippen LogP contribution < -0.4 is 10.7 Å². The van der Waals surface area contributed by atoms with Crippen LogP contribution in [-0.2, 0) is 19.1 Å². The second-order valence-electron chi connectivity index (χ2n) is 4.17. The molecule has 0 unspecified atom stereocenters. The Hall–Kier alpha value is -3.09. The van der Waals surface area contributed by atoms with Crippen LogP contribution in [0.4, 0.5) is 5.69 Å². The zero-order valence-corrected chi connectivity index (χ0v) is 11.9. The lowest BCUT2D eigenvalue weighted by Crippen LogP contribution is -2.19. The van der Waals surface area contributed by atoms with Gasteiger partial charge in [0.05, 0.1) is 25.7 Å². The fraction of sp³-hybridized carbons (Fsp3) is 0.133. The van der Waals surface area contributed by atoms with Gasteiger partial charge in [-0.3, -0.25) is 4.79 Å². The summed E-state index contributed by atoms with van der Waals surface area (Å²) in [5.41, 5.74) is -0.202. The Balaban J connectivity index is 2.44. The second-order valence-corrected chi connectivity index (χ2v) is 4.17. The predicted octanol–water partition coefficient (Wildman–Crippen LogP) is 1.43. The van der Waals surface area contributed by atoms with Crippen molar-refractivity contribution in [3.05, 3.63) is 52.5 Å². The fourth-order valence-corrected chi connectivity index (χ4v) is 1.74. The number of hydrogen-bond acceptors (Lipinski definition) is 7. The van der Waals surface area contributed by atoms with Crippen molar-refractivity contribution in [3.63, 3.8) is 0 Å². The highest BCUT2D eigenvalue weighted by atomic mass is 16.5. The Kier molecular flexibility index (Phi) is 4.57. The molecule has 0 fully saturated rings. The Morgan fingerprint density at radius 2 is 1.91 bits per heavy atom. The molecule has 0 amide bonds. The third-order valence-electron chi connectivity index (χ3n) is 2.82. The summed E-state index contributed by atoms with van der Waals surface area (Å²) < 4.78 is 14.3. The first kappa shape index (κ1) is 15.3.